The summed E-state index contributed by atoms with van der Waals surface area (Å²) in [5.41, 5.74) is 1.03. The van der Waals surface area contributed by atoms with E-state index in [4.69, 9.17) is 0 Å². The molecule has 0 aromatic heterocycles. The summed E-state index contributed by atoms with van der Waals surface area (Å²) in [7, 11) is 2.14. The van der Waals surface area contributed by atoms with Crippen LogP contribution in [0.3, 0.4) is 0 Å². The van der Waals surface area contributed by atoms with Crippen LogP contribution in [0.1, 0.15) is 25.3 Å². The Labute approximate surface area is 120 Å². The van der Waals surface area contributed by atoms with Gasteiger partial charge in [-0.15, -0.1) is 12.6 Å². The summed E-state index contributed by atoms with van der Waals surface area (Å²) < 4.78 is 0. The molecule has 0 saturated heterocycles. The number of likely N-dealkylation sites (N-methyl/N-ethyl adjacent to an activating group) is 1. The van der Waals surface area contributed by atoms with Gasteiger partial charge in [0.2, 0.25) is 5.91 Å². The summed E-state index contributed by atoms with van der Waals surface area (Å²) in [6.45, 7) is 2.88. The largest absolute Gasteiger partial charge is 0.354 e. The smallest absolute Gasteiger partial charge is 0.224 e. The molecular weight excluding hydrogens is 256 g/mol. The lowest BCUT2D eigenvalue weighted by Gasteiger charge is -2.24. The molecule has 1 aromatic rings. The first-order chi connectivity index (χ1) is 9.06. The highest BCUT2D eigenvalue weighted by Crippen LogP contribution is 2.26. The van der Waals surface area contributed by atoms with Crippen molar-refractivity contribution in [3.05, 3.63) is 29.8 Å². The lowest BCUT2D eigenvalue weighted by Crippen LogP contribution is -2.41. The second-order valence-electron chi connectivity index (χ2n) is 5.39. The van der Waals surface area contributed by atoms with E-state index in [1.165, 1.54) is 12.8 Å². The van der Waals surface area contributed by atoms with E-state index in [0.29, 0.717) is 12.5 Å². The molecule has 1 N–H and O–H groups in total. The fourth-order valence-corrected chi connectivity index (χ4v) is 2.26. The van der Waals surface area contributed by atoms with E-state index >= 15 is 0 Å². The fraction of sp³-hybridized carbons (Fsp3) is 0.533. The minimum atomic E-state index is 0.0861. The SMILES string of the molecule is CC(CNC(=O)Cc1ccc(S)cc1)N(C)C1CC1. The van der Waals surface area contributed by atoms with Crippen LogP contribution >= 0.6 is 12.6 Å². The van der Waals surface area contributed by atoms with E-state index in [9.17, 15) is 4.79 Å². The Morgan fingerprint density at radius 2 is 2.05 bits per heavy atom. The van der Waals surface area contributed by atoms with Gasteiger partial charge in [0, 0.05) is 23.5 Å². The third kappa shape index (κ3) is 4.55. The zero-order valence-electron chi connectivity index (χ0n) is 11.6. The molecule has 0 aliphatic heterocycles. The number of amides is 1. The molecule has 1 aromatic carbocycles. The molecule has 0 heterocycles. The molecule has 104 valence electrons. The average molecular weight is 278 g/mol. The quantitative estimate of drug-likeness (QED) is 0.781. The van der Waals surface area contributed by atoms with E-state index in [1.807, 2.05) is 24.3 Å². The number of nitrogens with zero attached hydrogens (tertiary/aromatic N) is 1. The van der Waals surface area contributed by atoms with Crippen molar-refractivity contribution < 1.29 is 4.79 Å². The maximum Gasteiger partial charge on any atom is 0.224 e. The lowest BCUT2D eigenvalue weighted by atomic mass is 10.1. The van der Waals surface area contributed by atoms with Crippen LogP contribution in [0.2, 0.25) is 0 Å². The van der Waals surface area contributed by atoms with Gasteiger partial charge in [0.1, 0.15) is 0 Å². The minimum Gasteiger partial charge on any atom is -0.354 e. The summed E-state index contributed by atoms with van der Waals surface area (Å²) in [5, 5.41) is 3.01. The molecule has 2 rings (SSSR count). The topological polar surface area (TPSA) is 32.3 Å². The molecule has 0 radical (unpaired) electrons. The molecule has 0 spiro atoms. The summed E-state index contributed by atoms with van der Waals surface area (Å²) >= 11 is 4.23. The summed E-state index contributed by atoms with van der Waals surface area (Å²) in [5.74, 6) is 0.0861. The first kappa shape index (κ1) is 14.4. The Morgan fingerprint density at radius 1 is 1.42 bits per heavy atom. The molecule has 1 aliphatic carbocycles. The van der Waals surface area contributed by atoms with Crippen molar-refractivity contribution in [2.75, 3.05) is 13.6 Å². The van der Waals surface area contributed by atoms with E-state index in [0.717, 1.165) is 23.0 Å². The van der Waals surface area contributed by atoms with Gasteiger partial charge < -0.3 is 5.32 Å². The second kappa shape index (κ2) is 6.44. The molecule has 4 heteroatoms. The molecule has 1 unspecified atom stereocenters. The number of thiol groups is 1. The Bertz CT molecular complexity index is 428. The monoisotopic (exact) mass is 278 g/mol. The number of hydrogen-bond donors (Lipinski definition) is 2. The highest BCUT2D eigenvalue weighted by atomic mass is 32.1. The van der Waals surface area contributed by atoms with Crippen LogP contribution < -0.4 is 5.32 Å². The molecule has 1 saturated carbocycles. The highest BCUT2D eigenvalue weighted by Gasteiger charge is 2.29. The van der Waals surface area contributed by atoms with Crippen LogP contribution in [-0.2, 0) is 11.2 Å². The summed E-state index contributed by atoms with van der Waals surface area (Å²) in [6, 6.07) is 8.85. The number of rotatable bonds is 6. The summed E-state index contributed by atoms with van der Waals surface area (Å²) in [4.78, 5) is 15.1. The average Bonchev–Trinajstić information content (AvgIpc) is 3.22. The molecular formula is C15H22N2OS. The minimum absolute atomic E-state index is 0.0861. The molecule has 1 aliphatic rings. The predicted octanol–water partition coefficient (Wildman–Crippen LogP) is 2.12. The van der Waals surface area contributed by atoms with Crippen LogP contribution in [-0.4, -0.2) is 36.5 Å². The van der Waals surface area contributed by atoms with Crippen LogP contribution in [0, 0.1) is 0 Å². The van der Waals surface area contributed by atoms with Crippen molar-refractivity contribution in [3.63, 3.8) is 0 Å². The lowest BCUT2D eigenvalue weighted by molar-refractivity contribution is -0.120. The van der Waals surface area contributed by atoms with Crippen molar-refractivity contribution >= 4 is 18.5 Å². The maximum absolute atomic E-state index is 11.9. The first-order valence-corrected chi connectivity index (χ1v) is 7.27. The van der Waals surface area contributed by atoms with Gasteiger partial charge in [-0.25, -0.2) is 0 Å². The number of carbonyl (C=O) groups excluding carboxylic acids is 1. The van der Waals surface area contributed by atoms with Gasteiger partial charge in [-0.1, -0.05) is 12.1 Å². The number of nitrogens with one attached hydrogen (secondary N) is 1. The van der Waals surface area contributed by atoms with Crippen molar-refractivity contribution in [1.82, 2.24) is 10.2 Å². The Morgan fingerprint density at radius 3 is 2.63 bits per heavy atom. The van der Waals surface area contributed by atoms with E-state index in [1.54, 1.807) is 0 Å². The zero-order chi connectivity index (χ0) is 13.8. The summed E-state index contributed by atoms with van der Waals surface area (Å²) in [6.07, 6.45) is 3.03. The van der Waals surface area contributed by atoms with Gasteiger partial charge in [-0.2, -0.15) is 0 Å². The van der Waals surface area contributed by atoms with Gasteiger partial charge >= 0.3 is 0 Å². The molecule has 19 heavy (non-hydrogen) atoms. The van der Waals surface area contributed by atoms with Gasteiger partial charge in [-0.05, 0) is 44.5 Å². The van der Waals surface area contributed by atoms with Gasteiger partial charge in [-0.3, -0.25) is 9.69 Å². The van der Waals surface area contributed by atoms with Gasteiger partial charge in [0.05, 0.1) is 6.42 Å². The number of carbonyl (C=O) groups is 1. The van der Waals surface area contributed by atoms with Gasteiger partial charge in [0.15, 0.2) is 0 Å². The van der Waals surface area contributed by atoms with Crippen molar-refractivity contribution in [1.29, 1.82) is 0 Å². The molecule has 0 bridgehead atoms. The van der Waals surface area contributed by atoms with Crippen molar-refractivity contribution in [2.24, 2.45) is 0 Å². The number of hydrogen-bond acceptors (Lipinski definition) is 3. The standard InChI is InChI=1S/C15H22N2OS/c1-11(17(2)13-5-6-13)10-16-15(18)9-12-3-7-14(19)8-4-12/h3-4,7-8,11,13,19H,5-6,9-10H2,1-2H3,(H,16,18). The van der Waals surface area contributed by atoms with E-state index < -0.39 is 0 Å². The fourth-order valence-electron chi connectivity index (χ4n) is 2.11. The van der Waals surface area contributed by atoms with Crippen molar-refractivity contribution in [2.45, 2.75) is 43.2 Å². The Kier molecular flexibility index (Phi) is 4.88. The third-order valence-corrected chi connectivity index (χ3v) is 4.01. The van der Waals surface area contributed by atoms with E-state index in [-0.39, 0.29) is 5.91 Å². The predicted molar refractivity (Wildman–Crippen MR) is 80.7 cm³/mol. The Balaban J connectivity index is 1.73. The molecule has 1 fully saturated rings. The number of benzene rings is 1. The first-order valence-electron chi connectivity index (χ1n) is 6.83. The van der Waals surface area contributed by atoms with Crippen LogP contribution in [0.25, 0.3) is 0 Å². The van der Waals surface area contributed by atoms with Crippen LogP contribution in [0.5, 0.6) is 0 Å². The maximum atomic E-state index is 11.9. The van der Waals surface area contributed by atoms with Crippen molar-refractivity contribution in [3.8, 4) is 0 Å². The second-order valence-corrected chi connectivity index (χ2v) is 5.91. The zero-order valence-corrected chi connectivity index (χ0v) is 12.5. The van der Waals surface area contributed by atoms with Crippen LogP contribution in [0.15, 0.2) is 29.2 Å². The Hall–Kier alpha value is -1.00. The molecule has 3 nitrogen and oxygen atoms in total. The normalized spacial score (nSPS) is 16.4. The third-order valence-electron chi connectivity index (χ3n) is 3.71. The highest BCUT2D eigenvalue weighted by molar-refractivity contribution is 7.80. The molecule has 1 atom stereocenters. The molecule has 1 amide bonds. The van der Waals surface area contributed by atoms with Gasteiger partial charge in [0.25, 0.3) is 0 Å². The van der Waals surface area contributed by atoms with Crippen LogP contribution in [0.4, 0.5) is 0 Å². The van der Waals surface area contributed by atoms with E-state index in [2.05, 4.69) is 36.8 Å².